The van der Waals surface area contributed by atoms with E-state index in [4.69, 9.17) is 5.73 Å². The summed E-state index contributed by atoms with van der Waals surface area (Å²) >= 11 is 0. The number of nitrogens with one attached hydrogen (secondary N) is 2. The minimum atomic E-state index is -0.716. The van der Waals surface area contributed by atoms with Crippen molar-refractivity contribution in [2.75, 3.05) is 19.6 Å². The van der Waals surface area contributed by atoms with Crippen LogP contribution in [0.2, 0.25) is 0 Å². The lowest BCUT2D eigenvalue weighted by atomic mass is 9.89. The van der Waals surface area contributed by atoms with Crippen molar-refractivity contribution in [2.45, 2.75) is 32.2 Å². The van der Waals surface area contributed by atoms with Crippen LogP contribution in [0.1, 0.15) is 36.7 Å². The molecule has 1 amide bonds. The Morgan fingerprint density at radius 2 is 2.14 bits per heavy atom. The zero-order valence-corrected chi connectivity index (χ0v) is 16.0. The molecule has 0 bridgehead atoms. The number of nitrogens with zero attached hydrogens (tertiary/aromatic N) is 1. The van der Waals surface area contributed by atoms with Crippen molar-refractivity contribution in [1.82, 2.24) is 10.6 Å². The van der Waals surface area contributed by atoms with Crippen LogP contribution in [0.4, 0.5) is 0 Å². The summed E-state index contributed by atoms with van der Waals surface area (Å²) in [6.07, 6.45) is 4.98. The van der Waals surface area contributed by atoms with Gasteiger partial charge >= 0.3 is 5.91 Å². The Hall–Kier alpha value is -2.71. The first-order valence-corrected chi connectivity index (χ1v) is 9.40. The third-order valence-electron chi connectivity index (χ3n) is 4.70. The minimum absolute atomic E-state index is 0.301. The van der Waals surface area contributed by atoms with Crippen molar-refractivity contribution >= 4 is 30.0 Å². The molecule has 0 aliphatic carbocycles. The monoisotopic (exact) mass is 387 g/mol. The molecular formula is C20H27N4O4+. The molecule has 0 saturated carbocycles. The predicted octanol–water partition coefficient (Wildman–Crippen LogP) is -0.381. The standard InChI is InChI=1S/C20H26N4O4/c1-14(27)23-17(6-2-4-8-21)20(28)24-9-5-3-7-18(24)19-15(12-25)10-22-11-16(19)13-26/h3,5,7,9,12-13,15,17,22H,2,4,6,8,10-11,21H2,1H3/p+1/t15?,17-/m0/s1. The van der Waals surface area contributed by atoms with E-state index in [-0.39, 0.29) is 11.8 Å². The van der Waals surface area contributed by atoms with Gasteiger partial charge in [-0.3, -0.25) is 9.59 Å². The number of aldehydes is 2. The van der Waals surface area contributed by atoms with E-state index in [1.165, 1.54) is 11.5 Å². The molecule has 2 atom stereocenters. The van der Waals surface area contributed by atoms with Crippen LogP contribution in [0, 0.1) is 5.92 Å². The van der Waals surface area contributed by atoms with Gasteiger partial charge < -0.3 is 21.2 Å². The maximum absolute atomic E-state index is 13.2. The molecule has 0 aromatic carbocycles. The second kappa shape index (κ2) is 10.6. The maximum atomic E-state index is 13.2. The third kappa shape index (κ3) is 5.17. The molecule has 0 spiro atoms. The highest BCUT2D eigenvalue weighted by molar-refractivity contribution is 5.94. The first-order valence-electron chi connectivity index (χ1n) is 9.40. The van der Waals surface area contributed by atoms with Gasteiger partial charge in [-0.25, -0.2) is 4.79 Å². The molecule has 150 valence electrons. The fourth-order valence-corrected chi connectivity index (χ4v) is 3.39. The predicted molar refractivity (Wildman–Crippen MR) is 103 cm³/mol. The van der Waals surface area contributed by atoms with Crippen LogP contribution in [0.3, 0.4) is 0 Å². The molecule has 4 N–H and O–H groups in total. The number of pyridine rings is 1. The van der Waals surface area contributed by atoms with Crippen LogP contribution >= 0.6 is 0 Å². The normalized spacial score (nSPS) is 17.7. The van der Waals surface area contributed by atoms with Gasteiger partial charge in [0.2, 0.25) is 11.6 Å². The number of carbonyl (C=O) groups is 4. The van der Waals surface area contributed by atoms with Gasteiger partial charge in [0.05, 0.1) is 5.92 Å². The van der Waals surface area contributed by atoms with Gasteiger partial charge in [-0.15, -0.1) is 4.57 Å². The molecule has 0 fully saturated rings. The van der Waals surface area contributed by atoms with E-state index < -0.39 is 12.0 Å². The zero-order valence-electron chi connectivity index (χ0n) is 16.0. The molecule has 1 aromatic heterocycles. The SMILES string of the molecule is CC(=O)N[C@@H](CCCCN)C(=O)[n+]1ccccc1C1=C(C=O)CNCC1C=O. The highest BCUT2D eigenvalue weighted by Crippen LogP contribution is 2.25. The average Bonchev–Trinajstić information content (AvgIpc) is 2.71. The Bertz CT molecular complexity index is 775. The van der Waals surface area contributed by atoms with Gasteiger partial charge in [-0.2, -0.15) is 0 Å². The fraction of sp³-hybridized carbons (Fsp3) is 0.450. The number of nitrogens with two attached hydrogens (primary N) is 1. The number of rotatable bonds is 9. The maximum Gasteiger partial charge on any atom is 0.415 e. The van der Waals surface area contributed by atoms with Gasteiger partial charge in [-0.1, -0.05) is 0 Å². The molecule has 28 heavy (non-hydrogen) atoms. The summed E-state index contributed by atoms with van der Waals surface area (Å²) in [6.45, 7) is 2.60. The lowest BCUT2D eigenvalue weighted by Crippen LogP contribution is -2.57. The summed E-state index contributed by atoms with van der Waals surface area (Å²) in [6, 6.07) is 4.44. The Morgan fingerprint density at radius 1 is 1.36 bits per heavy atom. The molecule has 1 aliphatic rings. The van der Waals surface area contributed by atoms with Crippen molar-refractivity contribution in [1.29, 1.82) is 0 Å². The largest absolute Gasteiger partial charge is 0.415 e. The fourth-order valence-electron chi connectivity index (χ4n) is 3.39. The summed E-state index contributed by atoms with van der Waals surface area (Å²) in [7, 11) is 0. The van der Waals surface area contributed by atoms with Crippen LogP contribution in [0.15, 0.2) is 30.0 Å². The average molecular weight is 387 g/mol. The summed E-state index contributed by atoms with van der Waals surface area (Å²) < 4.78 is 1.42. The lowest BCUT2D eigenvalue weighted by Gasteiger charge is -2.22. The van der Waals surface area contributed by atoms with Crippen molar-refractivity contribution < 1.29 is 23.7 Å². The van der Waals surface area contributed by atoms with E-state index in [0.29, 0.717) is 55.6 Å². The van der Waals surface area contributed by atoms with E-state index in [2.05, 4.69) is 10.6 Å². The number of carbonyl (C=O) groups excluding carboxylic acids is 4. The molecule has 1 unspecified atom stereocenters. The topological polar surface area (TPSA) is 122 Å². The van der Waals surface area contributed by atoms with E-state index in [0.717, 1.165) is 12.7 Å². The van der Waals surface area contributed by atoms with Gasteiger partial charge in [0.25, 0.3) is 0 Å². The Balaban J connectivity index is 2.46. The lowest BCUT2D eigenvalue weighted by molar-refractivity contribution is -0.578. The highest BCUT2D eigenvalue weighted by atomic mass is 16.2. The second-order valence-corrected chi connectivity index (χ2v) is 6.76. The number of amides is 1. The molecule has 1 aromatic rings. The first kappa shape index (κ1) is 21.6. The number of hydrogen-bond donors (Lipinski definition) is 3. The van der Waals surface area contributed by atoms with E-state index in [9.17, 15) is 19.2 Å². The van der Waals surface area contributed by atoms with Crippen LogP contribution < -0.4 is 20.9 Å². The van der Waals surface area contributed by atoms with Gasteiger partial charge in [-0.05, 0) is 31.9 Å². The Morgan fingerprint density at radius 3 is 2.79 bits per heavy atom. The summed E-state index contributed by atoms with van der Waals surface area (Å²) in [5, 5.41) is 5.73. The Labute approximate surface area is 164 Å². The zero-order chi connectivity index (χ0) is 20.5. The van der Waals surface area contributed by atoms with Crippen molar-refractivity contribution in [2.24, 2.45) is 11.7 Å². The molecule has 0 radical (unpaired) electrons. The third-order valence-corrected chi connectivity index (χ3v) is 4.70. The van der Waals surface area contributed by atoms with Crippen LogP contribution in [-0.2, 0) is 14.4 Å². The molecule has 2 heterocycles. The van der Waals surface area contributed by atoms with Gasteiger partial charge in [0, 0.05) is 43.3 Å². The van der Waals surface area contributed by atoms with Gasteiger partial charge in [0.1, 0.15) is 12.6 Å². The number of hydrogen-bond acceptors (Lipinski definition) is 6. The highest BCUT2D eigenvalue weighted by Gasteiger charge is 2.35. The number of unbranched alkanes of at least 4 members (excludes halogenated alkanes) is 1. The summed E-state index contributed by atoms with van der Waals surface area (Å²) in [5.74, 6) is -1.15. The first-order chi connectivity index (χ1) is 13.5. The van der Waals surface area contributed by atoms with Crippen molar-refractivity contribution in [3.63, 3.8) is 0 Å². The van der Waals surface area contributed by atoms with E-state index in [1.54, 1.807) is 24.4 Å². The molecule has 8 heteroatoms. The van der Waals surface area contributed by atoms with Crippen LogP contribution in [0.25, 0.3) is 5.57 Å². The van der Waals surface area contributed by atoms with Crippen LogP contribution in [0.5, 0.6) is 0 Å². The molecule has 8 nitrogen and oxygen atoms in total. The van der Waals surface area contributed by atoms with Crippen molar-refractivity contribution in [3.8, 4) is 0 Å². The van der Waals surface area contributed by atoms with Crippen LogP contribution in [-0.4, -0.2) is 50.1 Å². The smallest absolute Gasteiger partial charge is 0.340 e. The number of aromatic nitrogens is 1. The molecule has 0 saturated heterocycles. The van der Waals surface area contributed by atoms with Gasteiger partial charge in [0.15, 0.2) is 12.2 Å². The Kier molecular flexibility index (Phi) is 8.16. The molecule has 2 rings (SSSR count). The second-order valence-electron chi connectivity index (χ2n) is 6.76. The summed E-state index contributed by atoms with van der Waals surface area (Å²) in [5.41, 5.74) is 7.00. The van der Waals surface area contributed by atoms with E-state index in [1.807, 2.05) is 0 Å². The molecular weight excluding hydrogens is 360 g/mol. The quantitative estimate of drug-likeness (QED) is 0.302. The van der Waals surface area contributed by atoms with Crippen molar-refractivity contribution in [3.05, 3.63) is 35.7 Å². The minimum Gasteiger partial charge on any atom is -0.340 e. The summed E-state index contributed by atoms with van der Waals surface area (Å²) in [4.78, 5) is 48.0. The molecule has 1 aliphatic heterocycles. The van der Waals surface area contributed by atoms with E-state index >= 15 is 0 Å².